The Morgan fingerprint density at radius 1 is 1.12 bits per heavy atom. The number of hydrogen-bond acceptors (Lipinski definition) is 5. The number of carbonyl (C=O) groups excluding carboxylic acids is 1. The molecule has 0 saturated heterocycles. The smallest absolute Gasteiger partial charge is 0.341 e. The average molecular weight is 360 g/mol. The Kier molecular flexibility index (Phi) is 9.19. The van der Waals surface area contributed by atoms with Crippen molar-refractivity contribution in [1.29, 1.82) is 0 Å². The summed E-state index contributed by atoms with van der Waals surface area (Å²) in [6, 6.07) is 3.97. The Morgan fingerprint density at radius 3 is 2.21 bits per heavy atom. The fourth-order valence-electron chi connectivity index (χ4n) is 1.83. The van der Waals surface area contributed by atoms with Gasteiger partial charge in [0.15, 0.2) is 0 Å². The van der Waals surface area contributed by atoms with Gasteiger partial charge in [0.05, 0.1) is 13.2 Å². The Hall–Kier alpha value is -1.23. The summed E-state index contributed by atoms with van der Waals surface area (Å²) in [5.74, 6) is -0.906. The predicted octanol–water partition coefficient (Wildman–Crippen LogP) is 4.87. The van der Waals surface area contributed by atoms with E-state index in [9.17, 15) is 13.8 Å². The van der Waals surface area contributed by atoms with E-state index in [0.717, 1.165) is 25.7 Å². The summed E-state index contributed by atoms with van der Waals surface area (Å²) in [7, 11) is -3.54. The zero-order valence-electron chi connectivity index (χ0n) is 14.5. The molecule has 7 heteroatoms. The van der Waals surface area contributed by atoms with E-state index in [1.165, 1.54) is 18.2 Å². The molecule has 0 aliphatic rings. The van der Waals surface area contributed by atoms with E-state index in [1.807, 2.05) is 13.8 Å². The minimum atomic E-state index is -3.54. The van der Waals surface area contributed by atoms with Gasteiger partial charge in [-0.05, 0) is 43.5 Å². The highest BCUT2D eigenvalue weighted by Crippen LogP contribution is 2.48. The topological polar surface area (TPSA) is 61.8 Å². The monoisotopic (exact) mass is 360 g/mol. The molecule has 0 N–H and O–H groups in total. The summed E-state index contributed by atoms with van der Waals surface area (Å²) < 4.78 is 41.7. The van der Waals surface area contributed by atoms with Gasteiger partial charge < -0.3 is 13.8 Å². The standard InChI is InChI=1S/C17H26FO5P/c1-4-6-10-21-24(20,22-11-7-5-2)13-17(19)23-15-8-9-16(18)14(3)12-15/h8-9,12H,4-7,10-11,13H2,1-3H3. The molecule has 0 saturated carbocycles. The minimum absolute atomic E-state index is 0.201. The van der Waals surface area contributed by atoms with Gasteiger partial charge in [-0.1, -0.05) is 26.7 Å². The van der Waals surface area contributed by atoms with Crippen molar-refractivity contribution in [3.05, 3.63) is 29.6 Å². The highest BCUT2D eigenvalue weighted by Gasteiger charge is 2.29. The van der Waals surface area contributed by atoms with Gasteiger partial charge in [0.1, 0.15) is 17.7 Å². The van der Waals surface area contributed by atoms with Gasteiger partial charge in [0.2, 0.25) is 0 Å². The molecule has 1 rings (SSSR count). The van der Waals surface area contributed by atoms with Crippen molar-refractivity contribution in [2.75, 3.05) is 19.4 Å². The summed E-state index contributed by atoms with van der Waals surface area (Å²) in [6.07, 6.45) is 2.76. The van der Waals surface area contributed by atoms with Crippen LogP contribution in [0.5, 0.6) is 5.75 Å². The zero-order valence-corrected chi connectivity index (χ0v) is 15.4. The van der Waals surface area contributed by atoms with Crippen LogP contribution in [0.4, 0.5) is 4.39 Å². The number of esters is 1. The van der Waals surface area contributed by atoms with Crippen molar-refractivity contribution in [2.45, 2.75) is 46.5 Å². The molecule has 24 heavy (non-hydrogen) atoms. The van der Waals surface area contributed by atoms with E-state index in [0.29, 0.717) is 5.56 Å². The molecule has 0 unspecified atom stereocenters. The van der Waals surface area contributed by atoms with E-state index >= 15 is 0 Å². The highest BCUT2D eigenvalue weighted by atomic mass is 31.2. The predicted molar refractivity (Wildman–Crippen MR) is 91.0 cm³/mol. The van der Waals surface area contributed by atoms with Crippen molar-refractivity contribution < 1.29 is 27.5 Å². The molecule has 0 atom stereocenters. The number of halogens is 1. The quantitative estimate of drug-likeness (QED) is 0.244. The van der Waals surface area contributed by atoms with Crippen LogP contribution in [0, 0.1) is 12.7 Å². The molecule has 0 fully saturated rings. The first-order chi connectivity index (χ1) is 11.4. The number of unbranched alkanes of at least 4 members (excludes halogenated alkanes) is 2. The van der Waals surface area contributed by atoms with Gasteiger partial charge in [0.25, 0.3) is 0 Å². The van der Waals surface area contributed by atoms with E-state index in [-0.39, 0.29) is 24.8 Å². The third kappa shape index (κ3) is 7.56. The van der Waals surface area contributed by atoms with Gasteiger partial charge in [-0.2, -0.15) is 0 Å². The van der Waals surface area contributed by atoms with Crippen LogP contribution in [0.3, 0.4) is 0 Å². The second kappa shape index (κ2) is 10.6. The minimum Gasteiger partial charge on any atom is -0.426 e. The SMILES string of the molecule is CCCCOP(=O)(CC(=O)Oc1ccc(F)c(C)c1)OCCCC. The summed E-state index contributed by atoms with van der Waals surface area (Å²) in [6.45, 7) is 6.07. The van der Waals surface area contributed by atoms with Crippen LogP contribution in [0.2, 0.25) is 0 Å². The second-order valence-corrected chi connectivity index (χ2v) is 7.58. The molecule has 136 valence electrons. The molecule has 0 amide bonds. The highest BCUT2D eigenvalue weighted by molar-refractivity contribution is 7.54. The first kappa shape index (κ1) is 20.8. The van der Waals surface area contributed by atoms with Crippen LogP contribution in [-0.4, -0.2) is 25.3 Å². The van der Waals surface area contributed by atoms with Crippen molar-refractivity contribution >= 4 is 13.6 Å². The maximum Gasteiger partial charge on any atom is 0.341 e. The molecule has 1 aromatic rings. The zero-order chi connectivity index (χ0) is 18.0. The molecule has 0 spiro atoms. The molecule has 0 aromatic heterocycles. The fraction of sp³-hybridized carbons (Fsp3) is 0.588. The second-order valence-electron chi connectivity index (χ2n) is 5.53. The normalized spacial score (nSPS) is 11.5. The maximum atomic E-state index is 13.2. The Morgan fingerprint density at radius 2 is 1.71 bits per heavy atom. The van der Waals surface area contributed by atoms with E-state index in [4.69, 9.17) is 13.8 Å². The number of aryl methyl sites for hydroxylation is 1. The lowest BCUT2D eigenvalue weighted by Gasteiger charge is -2.18. The molecule has 0 aliphatic carbocycles. The summed E-state index contributed by atoms with van der Waals surface area (Å²) in [5.41, 5.74) is 0.363. The van der Waals surface area contributed by atoms with Gasteiger partial charge >= 0.3 is 13.6 Å². The van der Waals surface area contributed by atoms with Gasteiger partial charge in [-0.15, -0.1) is 0 Å². The summed E-state index contributed by atoms with van der Waals surface area (Å²) in [4.78, 5) is 12.0. The van der Waals surface area contributed by atoms with Gasteiger partial charge in [0, 0.05) is 0 Å². The fourth-order valence-corrected chi connectivity index (χ4v) is 3.28. The first-order valence-corrected chi connectivity index (χ1v) is 9.98. The molecule has 0 heterocycles. The van der Waals surface area contributed by atoms with Crippen LogP contribution in [0.25, 0.3) is 0 Å². The van der Waals surface area contributed by atoms with Crippen molar-refractivity contribution in [2.24, 2.45) is 0 Å². The maximum absolute atomic E-state index is 13.2. The number of ether oxygens (including phenoxy) is 1. The van der Waals surface area contributed by atoms with Crippen LogP contribution in [0.15, 0.2) is 18.2 Å². The number of hydrogen-bond donors (Lipinski definition) is 0. The van der Waals surface area contributed by atoms with Crippen molar-refractivity contribution in [3.8, 4) is 5.75 Å². The van der Waals surface area contributed by atoms with Crippen LogP contribution < -0.4 is 4.74 Å². The molecule has 5 nitrogen and oxygen atoms in total. The van der Waals surface area contributed by atoms with Gasteiger partial charge in [-0.25, -0.2) is 4.39 Å². The molecule has 0 radical (unpaired) electrons. The average Bonchev–Trinajstić information content (AvgIpc) is 2.51. The van der Waals surface area contributed by atoms with Crippen molar-refractivity contribution in [1.82, 2.24) is 0 Å². The molecule has 0 bridgehead atoms. The summed E-state index contributed by atoms with van der Waals surface area (Å²) in [5, 5.41) is 0. The molecular weight excluding hydrogens is 334 g/mol. The van der Waals surface area contributed by atoms with E-state index < -0.39 is 19.7 Å². The van der Waals surface area contributed by atoms with E-state index in [2.05, 4.69) is 0 Å². The Balaban J connectivity index is 2.67. The van der Waals surface area contributed by atoms with Gasteiger partial charge in [-0.3, -0.25) is 9.36 Å². The van der Waals surface area contributed by atoms with Crippen LogP contribution in [-0.2, 0) is 18.4 Å². The molecule has 1 aromatic carbocycles. The molecule has 0 aliphatic heterocycles. The van der Waals surface area contributed by atoms with Crippen molar-refractivity contribution in [3.63, 3.8) is 0 Å². The number of rotatable bonds is 11. The number of carbonyl (C=O) groups is 1. The van der Waals surface area contributed by atoms with Crippen LogP contribution >= 0.6 is 7.60 Å². The lowest BCUT2D eigenvalue weighted by molar-refractivity contribution is -0.131. The van der Waals surface area contributed by atoms with Crippen LogP contribution in [0.1, 0.15) is 45.1 Å². The largest absolute Gasteiger partial charge is 0.426 e. The third-order valence-electron chi connectivity index (χ3n) is 3.26. The number of benzene rings is 1. The summed E-state index contributed by atoms with van der Waals surface area (Å²) >= 11 is 0. The lowest BCUT2D eigenvalue weighted by atomic mass is 10.2. The Labute approximate surface area is 143 Å². The Bertz CT molecular complexity index is 562. The molecular formula is C17H26FO5P. The first-order valence-electron chi connectivity index (χ1n) is 8.25. The lowest BCUT2D eigenvalue weighted by Crippen LogP contribution is -2.16. The van der Waals surface area contributed by atoms with E-state index in [1.54, 1.807) is 6.92 Å². The third-order valence-corrected chi connectivity index (χ3v) is 5.05.